The van der Waals surface area contributed by atoms with E-state index in [1.54, 1.807) is 16.9 Å². The highest BCUT2D eigenvalue weighted by molar-refractivity contribution is 14.0. The summed E-state index contributed by atoms with van der Waals surface area (Å²) in [5, 5.41) is 7.95. The molecule has 0 saturated heterocycles. The summed E-state index contributed by atoms with van der Waals surface area (Å²) in [6.45, 7) is 6.01. The quantitative estimate of drug-likeness (QED) is 0.300. The lowest BCUT2D eigenvalue weighted by Gasteiger charge is -2.15. The van der Waals surface area contributed by atoms with Crippen molar-refractivity contribution in [2.75, 3.05) is 20.1 Å². The van der Waals surface area contributed by atoms with Crippen LogP contribution in [0.15, 0.2) is 16.6 Å². The third kappa shape index (κ3) is 7.20. The van der Waals surface area contributed by atoms with Crippen molar-refractivity contribution in [3.05, 3.63) is 27.2 Å². The Bertz CT molecular complexity index is 537. The number of rotatable bonds is 6. The molecule has 1 aromatic rings. The number of hydrogen-bond donors (Lipinski definition) is 2. The van der Waals surface area contributed by atoms with Crippen molar-refractivity contribution in [1.82, 2.24) is 15.6 Å². The zero-order valence-electron chi connectivity index (χ0n) is 14.4. The number of aromatic nitrogens is 1. The van der Waals surface area contributed by atoms with Crippen LogP contribution in [0.4, 0.5) is 0 Å². The van der Waals surface area contributed by atoms with Gasteiger partial charge in [0.1, 0.15) is 0 Å². The van der Waals surface area contributed by atoms with Crippen LogP contribution in [0.2, 0.25) is 0 Å². The van der Waals surface area contributed by atoms with E-state index in [1.165, 1.54) is 30.6 Å². The van der Waals surface area contributed by atoms with Gasteiger partial charge in [0, 0.05) is 31.4 Å². The molecule has 0 radical (unpaired) electrons. The molecular weight excluding hydrogens is 419 g/mol. The Kier molecular flexibility index (Phi) is 9.78. The van der Waals surface area contributed by atoms with Crippen molar-refractivity contribution in [2.24, 2.45) is 4.99 Å². The van der Waals surface area contributed by atoms with E-state index in [2.05, 4.69) is 40.5 Å². The van der Waals surface area contributed by atoms with E-state index in [-0.39, 0.29) is 24.0 Å². The van der Waals surface area contributed by atoms with E-state index < -0.39 is 0 Å². The van der Waals surface area contributed by atoms with Crippen molar-refractivity contribution in [3.8, 4) is 0 Å². The van der Waals surface area contributed by atoms with E-state index in [4.69, 9.17) is 0 Å². The Hall–Kier alpha value is -0.630. The summed E-state index contributed by atoms with van der Waals surface area (Å²) in [6, 6.07) is 0. The summed E-state index contributed by atoms with van der Waals surface area (Å²) in [4.78, 5) is 10.1. The minimum Gasteiger partial charge on any atom is -0.356 e. The van der Waals surface area contributed by atoms with E-state index in [0.29, 0.717) is 0 Å². The number of thiazole rings is 1. The van der Waals surface area contributed by atoms with Gasteiger partial charge in [-0.2, -0.15) is 0 Å². The highest BCUT2D eigenvalue weighted by atomic mass is 127. The van der Waals surface area contributed by atoms with Crippen LogP contribution in [0.1, 0.15) is 47.7 Å². The molecule has 1 aliphatic carbocycles. The van der Waals surface area contributed by atoms with E-state index >= 15 is 0 Å². The van der Waals surface area contributed by atoms with Crippen molar-refractivity contribution in [2.45, 2.75) is 52.4 Å². The van der Waals surface area contributed by atoms with E-state index in [1.807, 2.05) is 7.05 Å². The Labute approximate surface area is 161 Å². The Morgan fingerprint density at radius 2 is 1.96 bits per heavy atom. The first kappa shape index (κ1) is 20.4. The Balaban J connectivity index is 0.00000264. The molecule has 0 fully saturated rings. The normalized spacial score (nSPS) is 14.9. The largest absolute Gasteiger partial charge is 0.356 e. The third-order valence-corrected chi connectivity index (χ3v) is 5.12. The molecule has 2 N–H and O–H groups in total. The molecule has 0 spiro atoms. The molecule has 23 heavy (non-hydrogen) atoms. The van der Waals surface area contributed by atoms with Crippen LogP contribution in [0.3, 0.4) is 0 Å². The van der Waals surface area contributed by atoms with Gasteiger partial charge < -0.3 is 10.6 Å². The summed E-state index contributed by atoms with van der Waals surface area (Å²) in [5.74, 6) is 0.898. The average Bonchev–Trinajstić information content (AvgIpc) is 2.84. The fourth-order valence-corrected chi connectivity index (χ4v) is 3.73. The van der Waals surface area contributed by atoms with Gasteiger partial charge in [-0.3, -0.25) is 4.99 Å². The van der Waals surface area contributed by atoms with Gasteiger partial charge in [-0.25, -0.2) is 4.98 Å². The van der Waals surface area contributed by atoms with Crippen LogP contribution >= 0.6 is 35.3 Å². The predicted molar refractivity (Wildman–Crippen MR) is 111 cm³/mol. The van der Waals surface area contributed by atoms with Crippen LogP contribution in [-0.4, -0.2) is 31.1 Å². The van der Waals surface area contributed by atoms with Crippen LogP contribution in [0.25, 0.3) is 0 Å². The minimum atomic E-state index is 0. The summed E-state index contributed by atoms with van der Waals surface area (Å²) < 4.78 is 0. The lowest BCUT2D eigenvalue weighted by molar-refractivity contribution is 0.665. The molecule has 130 valence electrons. The zero-order chi connectivity index (χ0) is 15.8. The van der Waals surface area contributed by atoms with Gasteiger partial charge in [0.2, 0.25) is 0 Å². The van der Waals surface area contributed by atoms with Crippen LogP contribution in [0, 0.1) is 13.8 Å². The molecule has 0 unspecified atom stereocenters. The first-order valence-corrected chi connectivity index (χ1v) is 9.06. The van der Waals surface area contributed by atoms with Crippen molar-refractivity contribution in [3.63, 3.8) is 0 Å². The number of guanidine groups is 1. The highest BCUT2D eigenvalue weighted by Crippen LogP contribution is 2.19. The topological polar surface area (TPSA) is 49.3 Å². The van der Waals surface area contributed by atoms with E-state index in [9.17, 15) is 0 Å². The van der Waals surface area contributed by atoms with Gasteiger partial charge in [-0.15, -0.1) is 35.3 Å². The first-order chi connectivity index (χ1) is 10.7. The second-order valence-electron chi connectivity index (χ2n) is 5.78. The monoisotopic (exact) mass is 448 g/mol. The van der Waals surface area contributed by atoms with Crippen LogP contribution in [0.5, 0.6) is 0 Å². The summed E-state index contributed by atoms with van der Waals surface area (Å²) in [6.07, 6.45) is 9.80. The SMILES string of the molecule is CN=C(NCCC1=CCCCC1)NCCc1sc(C)nc1C.I. The van der Waals surface area contributed by atoms with Crippen molar-refractivity contribution >= 4 is 41.3 Å². The number of nitrogens with zero attached hydrogens (tertiary/aromatic N) is 2. The molecular formula is C17H29IN4S. The smallest absolute Gasteiger partial charge is 0.190 e. The number of aliphatic imine (C=N–C) groups is 1. The standard InChI is InChI=1S/C17H28N4S.HI/c1-13-16(22-14(2)21-13)10-12-20-17(18-3)19-11-9-15-7-5-4-6-8-15;/h7H,4-6,8-12H2,1-3H3,(H2,18,19,20);1H. The highest BCUT2D eigenvalue weighted by Gasteiger charge is 2.06. The molecule has 0 aromatic carbocycles. The second kappa shape index (κ2) is 11.0. The lowest BCUT2D eigenvalue weighted by Crippen LogP contribution is -2.38. The van der Waals surface area contributed by atoms with Gasteiger partial charge in [-0.1, -0.05) is 11.6 Å². The van der Waals surface area contributed by atoms with Gasteiger partial charge in [0.25, 0.3) is 0 Å². The molecule has 0 bridgehead atoms. The fraction of sp³-hybridized carbons (Fsp3) is 0.647. The van der Waals surface area contributed by atoms with Gasteiger partial charge in [-0.05, 0) is 46.0 Å². The molecule has 4 nitrogen and oxygen atoms in total. The van der Waals surface area contributed by atoms with Crippen LogP contribution in [-0.2, 0) is 6.42 Å². The maximum Gasteiger partial charge on any atom is 0.190 e. The number of halogens is 1. The molecule has 2 rings (SSSR count). The number of allylic oxidation sites excluding steroid dienone is 1. The average molecular weight is 448 g/mol. The lowest BCUT2D eigenvalue weighted by atomic mass is 9.97. The molecule has 1 aliphatic rings. The van der Waals surface area contributed by atoms with E-state index in [0.717, 1.165) is 42.6 Å². The van der Waals surface area contributed by atoms with Gasteiger partial charge in [0.15, 0.2) is 5.96 Å². The number of hydrogen-bond acceptors (Lipinski definition) is 3. The van der Waals surface area contributed by atoms with Crippen molar-refractivity contribution in [1.29, 1.82) is 0 Å². The maximum absolute atomic E-state index is 4.47. The minimum absolute atomic E-state index is 0. The zero-order valence-corrected chi connectivity index (χ0v) is 17.6. The predicted octanol–water partition coefficient (Wildman–Crippen LogP) is 3.98. The maximum atomic E-state index is 4.47. The molecule has 0 amide bonds. The molecule has 6 heteroatoms. The molecule has 1 aromatic heterocycles. The summed E-state index contributed by atoms with van der Waals surface area (Å²) in [7, 11) is 1.83. The van der Waals surface area contributed by atoms with Crippen LogP contribution < -0.4 is 10.6 Å². The first-order valence-electron chi connectivity index (χ1n) is 8.24. The van der Waals surface area contributed by atoms with Gasteiger partial charge in [0.05, 0.1) is 10.7 Å². The number of nitrogens with one attached hydrogen (secondary N) is 2. The number of aryl methyl sites for hydroxylation is 2. The summed E-state index contributed by atoms with van der Waals surface area (Å²) in [5.41, 5.74) is 2.77. The molecule has 0 saturated carbocycles. The molecule has 1 heterocycles. The third-order valence-electron chi connectivity index (χ3n) is 3.99. The Morgan fingerprint density at radius 1 is 1.22 bits per heavy atom. The summed E-state index contributed by atoms with van der Waals surface area (Å²) >= 11 is 1.79. The molecule has 0 aliphatic heterocycles. The molecule has 0 atom stereocenters. The van der Waals surface area contributed by atoms with Crippen molar-refractivity contribution < 1.29 is 0 Å². The van der Waals surface area contributed by atoms with Gasteiger partial charge >= 0.3 is 0 Å². The fourth-order valence-electron chi connectivity index (χ4n) is 2.79. The second-order valence-corrected chi connectivity index (χ2v) is 7.06. The Morgan fingerprint density at radius 3 is 2.52 bits per heavy atom.